The van der Waals surface area contributed by atoms with Crippen LogP contribution in [0.15, 0.2) is 0 Å². The van der Waals surface area contributed by atoms with E-state index in [4.69, 9.17) is 9.47 Å². The first-order valence-corrected chi connectivity index (χ1v) is 6.31. The molecule has 16 heavy (non-hydrogen) atoms. The van der Waals surface area contributed by atoms with Gasteiger partial charge in [-0.15, -0.1) is 0 Å². The number of hydrogen-bond donors (Lipinski definition) is 1. The molecule has 0 bridgehead atoms. The second-order valence-electron chi connectivity index (χ2n) is 4.74. The maximum absolute atomic E-state index is 11.5. The Morgan fingerprint density at radius 3 is 2.81 bits per heavy atom. The fourth-order valence-corrected chi connectivity index (χ4v) is 2.31. The van der Waals surface area contributed by atoms with Crippen LogP contribution in [-0.2, 0) is 14.3 Å². The van der Waals surface area contributed by atoms with Crippen LogP contribution in [0.5, 0.6) is 0 Å². The maximum Gasteiger partial charge on any atom is 0.307 e. The Hall–Kier alpha value is -0.610. The highest BCUT2D eigenvalue weighted by Crippen LogP contribution is 2.16. The van der Waals surface area contributed by atoms with Crippen LogP contribution in [0, 0.1) is 5.92 Å². The monoisotopic (exact) mass is 227 g/mol. The smallest absolute Gasteiger partial charge is 0.307 e. The number of rotatable bonds is 4. The molecule has 2 saturated heterocycles. The van der Waals surface area contributed by atoms with Gasteiger partial charge in [-0.1, -0.05) is 0 Å². The van der Waals surface area contributed by atoms with E-state index in [0.29, 0.717) is 25.0 Å². The molecule has 1 N–H and O–H groups in total. The minimum atomic E-state index is -0.0501. The largest absolute Gasteiger partial charge is 0.465 e. The van der Waals surface area contributed by atoms with Crippen LogP contribution in [0.2, 0.25) is 0 Å². The minimum Gasteiger partial charge on any atom is -0.465 e. The van der Waals surface area contributed by atoms with Crippen molar-refractivity contribution in [2.24, 2.45) is 5.92 Å². The molecule has 2 aliphatic rings. The zero-order chi connectivity index (χ0) is 11.2. The molecular formula is C12H21NO3. The molecule has 0 aliphatic carbocycles. The normalized spacial score (nSPS) is 26.9. The topological polar surface area (TPSA) is 47.6 Å². The molecule has 2 fully saturated rings. The standard InChI is InChI=1S/C12H21NO3/c14-12(8-11-2-1-5-13-11)16-9-10-3-6-15-7-4-10/h10-11,13H,1-9H2. The van der Waals surface area contributed by atoms with Gasteiger partial charge in [-0.2, -0.15) is 0 Å². The molecular weight excluding hydrogens is 206 g/mol. The molecule has 2 heterocycles. The summed E-state index contributed by atoms with van der Waals surface area (Å²) >= 11 is 0. The van der Waals surface area contributed by atoms with Gasteiger partial charge >= 0.3 is 5.97 Å². The SMILES string of the molecule is O=C(CC1CCCN1)OCC1CCOCC1. The lowest BCUT2D eigenvalue weighted by Gasteiger charge is -2.21. The van der Waals surface area contributed by atoms with Gasteiger partial charge in [0, 0.05) is 19.3 Å². The molecule has 92 valence electrons. The Labute approximate surface area is 96.7 Å². The summed E-state index contributed by atoms with van der Waals surface area (Å²) in [5, 5.41) is 3.30. The lowest BCUT2D eigenvalue weighted by molar-refractivity contribution is -0.146. The lowest BCUT2D eigenvalue weighted by Crippen LogP contribution is -2.27. The molecule has 0 spiro atoms. The Balaban J connectivity index is 1.59. The second-order valence-corrected chi connectivity index (χ2v) is 4.74. The highest BCUT2D eigenvalue weighted by atomic mass is 16.5. The van der Waals surface area contributed by atoms with E-state index in [-0.39, 0.29) is 5.97 Å². The van der Waals surface area contributed by atoms with E-state index in [1.165, 1.54) is 6.42 Å². The fraction of sp³-hybridized carbons (Fsp3) is 0.917. The summed E-state index contributed by atoms with van der Waals surface area (Å²) in [6.07, 6.45) is 4.86. The molecule has 1 unspecified atom stereocenters. The van der Waals surface area contributed by atoms with Crippen molar-refractivity contribution in [2.45, 2.75) is 38.1 Å². The minimum absolute atomic E-state index is 0.0501. The first-order chi connectivity index (χ1) is 7.84. The highest BCUT2D eigenvalue weighted by molar-refractivity contribution is 5.70. The van der Waals surface area contributed by atoms with Crippen molar-refractivity contribution in [3.8, 4) is 0 Å². The van der Waals surface area contributed by atoms with Gasteiger partial charge in [0.15, 0.2) is 0 Å². The highest BCUT2D eigenvalue weighted by Gasteiger charge is 2.20. The molecule has 0 radical (unpaired) electrons. The van der Waals surface area contributed by atoms with Gasteiger partial charge in [-0.25, -0.2) is 0 Å². The Morgan fingerprint density at radius 1 is 1.31 bits per heavy atom. The van der Waals surface area contributed by atoms with Crippen molar-refractivity contribution >= 4 is 5.97 Å². The van der Waals surface area contributed by atoms with Crippen LogP contribution in [0.1, 0.15) is 32.1 Å². The molecule has 2 rings (SSSR count). The number of carbonyl (C=O) groups is 1. The summed E-state index contributed by atoms with van der Waals surface area (Å²) in [5.74, 6) is 0.458. The summed E-state index contributed by atoms with van der Waals surface area (Å²) in [6, 6.07) is 0.349. The van der Waals surface area contributed by atoms with Crippen LogP contribution >= 0.6 is 0 Å². The van der Waals surface area contributed by atoms with Crippen LogP contribution < -0.4 is 5.32 Å². The third kappa shape index (κ3) is 3.76. The Kier molecular flexibility index (Phi) is 4.60. The van der Waals surface area contributed by atoms with Crippen molar-refractivity contribution in [1.82, 2.24) is 5.32 Å². The summed E-state index contributed by atoms with van der Waals surface area (Å²) in [7, 11) is 0. The molecule has 0 amide bonds. The van der Waals surface area contributed by atoms with Crippen molar-refractivity contribution < 1.29 is 14.3 Å². The van der Waals surface area contributed by atoms with Crippen molar-refractivity contribution in [1.29, 1.82) is 0 Å². The molecule has 0 aromatic carbocycles. The van der Waals surface area contributed by atoms with E-state index in [2.05, 4.69) is 5.32 Å². The summed E-state index contributed by atoms with van der Waals surface area (Å²) in [4.78, 5) is 11.5. The van der Waals surface area contributed by atoms with Gasteiger partial charge in [-0.05, 0) is 38.1 Å². The summed E-state index contributed by atoms with van der Waals surface area (Å²) in [5.41, 5.74) is 0. The zero-order valence-electron chi connectivity index (χ0n) is 9.74. The molecule has 2 aliphatic heterocycles. The first-order valence-electron chi connectivity index (χ1n) is 6.31. The molecule has 4 heteroatoms. The van der Waals surface area contributed by atoms with E-state index in [9.17, 15) is 4.79 Å². The average molecular weight is 227 g/mol. The number of carbonyl (C=O) groups excluding carboxylic acids is 1. The van der Waals surface area contributed by atoms with Crippen LogP contribution in [0.3, 0.4) is 0 Å². The quantitative estimate of drug-likeness (QED) is 0.731. The third-order valence-corrected chi connectivity index (χ3v) is 3.40. The van der Waals surface area contributed by atoms with E-state index in [1.807, 2.05) is 0 Å². The van der Waals surface area contributed by atoms with Gasteiger partial charge in [0.25, 0.3) is 0 Å². The van der Waals surface area contributed by atoms with Gasteiger partial charge in [0.1, 0.15) is 0 Å². The fourth-order valence-electron chi connectivity index (χ4n) is 2.31. The Morgan fingerprint density at radius 2 is 2.12 bits per heavy atom. The zero-order valence-corrected chi connectivity index (χ0v) is 9.74. The first kappa shape index (κ1) is 11.9. The Bertz CT molecular complexity index is 220. The van der Waals surface area contributed by atoms with Crippen LogP contribution in [0.25, 0.3) is 0 Å². The van der Waals surface area contributed by atoms with Gasteiger partial charge < -0.3 is 14.8 Å². The molecule has 0 aromatic rings. The average Bonchev–Trinajstić information content (AvgIpc) is 2.81. The van der Waals surface area contributed by atoms with Crippen LogP contribution in [-0.4, -0.2) is 38.4 Å². The maximum atomic E-state index is 11.5. The van der Waals surface area contributed by atoms with Gasteiger partial charge in [0.2, 0.25) is 0 Å². The third-order valence-electron chi connectivity index (χ3n) is 3.40. The molecule has 4 nitrogen and oxygen atoms in total. The lowest BCUT2D eigenvalue weighted by atomic mass is 10.0. The van der Waals surface area contributed by atoms with E-state index >= 15 is 0 Å². The predicted octanol–water partition coefficient (Wildman–Crippen LogP) is 1.10. The second kappa shape index (κ2) is 6.21. The summed E-state index contributed by atoms with van der Waals surface area (Å²) < 4.78 is 10.6. The molecule has 1 atom stereocenters. The summed E-state index contributed by atoms with van der Waals surface area (Å²) in [6.45, 7) is 3.24. The van der Waals surface area contributed by atoms with Gasteiger partial charge in [-0.3, -0.25) is 4.79 Å². The van der Waals surface area contributed by atoms with E-state index in [1.54, 1.807) is 0 Å². The van der Waals surface area contributed by atoms with Crippen molar-refractivity contribution in [2.75, 3.05) is 26.4 Å². The van der Waals surface area contributed by atoms with E-state index in [0.717, 1.165) is 39.0 Å². The van der Waals surface area contributed by atoms with Crippen molar-refractivity contribution in [3.63, 3.8) is 0 Å². The molecule has 0 aromatic heterocycles. The number of ether oxygens (including phenoxy) is 2. The van der Waals surface area contributed by atoms with Crippen molar-refractivity contribution in [3.05, 3.63) is 0 Å². The van der Waals surface area contributed by atoms with E-state index < -0.39 is 0 Å². The number of esters is 1. The number of nitrogens with one attached hydrogen (secondary N) is 1. The van der Waals surface area contributed by atoms with Gasteiger partial charge in [0.05, 0.1) is 13.0 Å². The predicted molar refractivity (Wildman–Crippen MR) is 60.1 cm³/mol. The van der Waals surface area contributed by atoms with Crippen LogP contribution in [0.4, 0.5) is 0 Å². The number of hydrogen-bond acceptors (Lipinski definition) is 4. The molecule has 0 saturated carbocycles.